The lowest BCUT2D eigenvalue weighted by atomic mass is 9.98. The van der Waals surface area contributed by atoms with Crippen molar-refractivity contribution >= 4 is 6.09 Å². The number of amides is 1. The van der Waals surface area contributed by atoms with E-state index in [-0.39, 0.29) is 6.09 Å². The van der Waals surface area contributed by atoms with Crippen molar-refractivity contribution in [2.75, 3.05) is 26.2 Å². The van der Waals surface area contributed by atoms with Crippen LogP contribution in [0.1, 0.15) is 46.5 Å². The number of likely N-dealkylation sites (tertiary alicyclic amines) is 1. The van der Waals surface area contributed by atoms with Crippen molar-refractivity contribution in [2.24, 2.45) is 11.8 Å². The number of nitrogens with zero attached hydrogens (tertiary/aromatic N) is 1. The van der Waals surface area contributed by atoms with E-state index in [9.17, 15) is 4.79 Å². The van der Waals surface area contributed by atoms with Gasteiger partial charge in [-0.15, -0.1) is 0 Å². The van der Waals surface area contributed by atoms with Gasteiger partial charge in [0.15, 0.2) is 0 Å². The first kappa shape index (κ1) is 14.6. The molecule has 0 spiro atoms. The minimum absolute atomic E-state index is 0.153. The van der Waals surface area contributed by atoms with Gasteiger partial charge in [-0.05, 0) is 71.4 Å². The topological polar surface area (TPSA) is 41.6 Å². The fraction of sp³-hybridized carbons (Fsp3) is 0.933. The molecule has 0 radical (unpaired) electrons. The zero-order chi connectivity index (χ0) is 13.9. The third kappa shape index (κ3) is 5.39. The van der Waals surface area contributed by atoms with Crippen LogP contribution in [-0.2, 0) is 4.74 Å². The van der Waals surface area contributed by atoms with E-state index in [1.807, 2.05) is 25.7 Å². The smallest absolute Gasteiger partial charge is 0.410 e. The molecule has 1 aliphatic carbocycles. The summed E-state index contributed by atoms with van der Waals surface area (Å²) in [5, 5.41) is 3.55. The molecular formula is C15H28N2O2. The molecule has 2 fully saturated rings. The van der Waals surface area contributed by atoms with Crippen molar-refractivity contribution in [1.29, 1.82) is 0 Å². The van der Waals surface area contributed by atoms with Gasteiger partial charge in [-0.3, -0.25) is 0 Å². The van der Waals surface area contributed by atoms with E-state index in [2.05, 4.69) is 5.32 Å². The molecule has 1 aliphatic heterocycles. The Hall–Kier alpha value is -0.770. The van der Waals surface area contributed by atoms with Crippen LogP contribution in [0.15, 0.2) is 0 Å². The predicted octanol–water partition coefficient (Wildman–Crippen LogP) is 2.63. The number of piperidine rings is 1. The van der Waals surface area contributed by atoms with Gasteiger partial charge in [-0.1, -0.05) is 0 Å². The third-order valence-electron chi connectivity index (χ3n) is 3.73. The van der Waals surface area contributed by atoms with E-state index in [4.69, 9.17) is 4.74 Å². The van der Waals surface area contributed by atoms with Crippen LogP contribution in [0.3, 0.4) is 0 Å². The molecule has 0 aromatic heterocycles. The quantitative estimate of drug-likeness (QED) is 0.852. The van der Waals surface area contributed by atoms with Gasteiger partial charge in [0.05, 0.1) is 0 Å². The highest BCUT2D eigenvalue weighted by Gasteiger charge is 2.28. The summed E-state index contributed by atoms with van der Waals surface area (Å²) in [5.41, 5.74) is -0.395. The average Bonchev–Trinajstić information content (AvgIpc) is 3.11. The molecule has 2 aliphatic rings. The maximum atomic E-state index is 12.0. The number of rotatable bonds is 4. The molecule has 4 heteroatoms. The van der Waals surface area contributed by atoms with Gasteiger partial charge < -0.3 is 15.0 Å². The SMILES string of the molecule is CC(C)(C)OC(=O)N1CCCC(CNCC2CC2)C1. The number of hydrogen-bond acceptors (Lipinski definition) is 3. The van der Waals surface area contributed by atoms with E-state index >= 15 is 0 Å². The molecule has 0 bridgehead atoms. The van der Waals surface area contributed by atoms with Crippen LogP contribution in [0.4, 0.5) is 4.79 Å². The van der Waals surface area contributed by atoms with Gasteiger partial charge in [0.25, 0.3) is 0 Å². The minimum atomic E-state index is -0.395. The predicted molar refractivity (Wildman–Crippen MR) is 76.1 cm³/mol. The Labute approximate surface area is 116 Å². The molecule has 0 aromatic rings. The Morgan fingerprint density at radius 2 is 1.89 bits per heavy atom. The molecule has 1 N–H and O–H groups in total. The summed E-state index contributed by atoms with van der Waals surface area (Å²) < 4.78 is 5.44. The van der Waals surface area contributed by atoms with Crippen LogP contribution in [0.5, 0.6) is 0 Å². The molecule has 2 rings (SSSR count). The standard InChI is InChI=1S/C15H28N2O2/c1-15(2,3)19-14(18)17-8-4-5-13(11-17)10-16-9-12-6-7-12/h12-13,16H,4-11H2,1-3H3. The number of hydrogen-bond donors (Lipinski definition) is 1. The molecule has 1 saturated heterocycles. The van der Waals surface area contributed by atoms with E-state index in [1.165, 1.54) is 19.3 Å². The van der Waals surface area contributed by atoms with Crippen molar-refractivity contribution in [3.8, 4) is 0 Å². The lowest BCUT2D eigenvalue weighted by Gasteiger charge is -2.34. The molecule has 110 valence electrons. The molecule has 1 unspecified atom stereocenters. The van der Waals surface area contributed by atoms with Crippen molar-refractivity contribution < 1.29 is 9.53 Å². The Bertz CT molecular complexity index is 308. The monoisotopic (exact) mass is 268 g/mol. The number of carbonyl (C=O) groups is 1. The lowest BCUT2D eigenvalue weighted by molar-refractivity contribution is 0.0166. The Kier molecular flexibility index (Phi) is 4.71. The van der Waals surface area contributed by atoms with Gasteiger partial charge in [-0.2, -0.15) is 0 Å². The second kappa shape index (κ2) is 6.12. The highest BCUT2D eigenvalue weighted by Crippen LogP contribution is 2.27. The zero-order valence-corrected chi connectivity index (χ0v) is 12.6. The molecule has 19 heavy (non-hydrogen) atoms. The van der Waals surface area contributed by atoms with Crippen LogP contribution < -0.4 is 5.32 Å². The van der Waals surface area contributed by atoms with Gasteiger partial charge in [-0.25, -0.2) is 4.79 Å². The molecule has 1 atom stereocenters. The van der Waals surface area contributed by atoms with Gasteiger partial charge >= 0.3 is 6.09 Å². The second-order valence-corrected chi connectivity index (χ2v) is 7.04. The van der Waals surface area contributed by atoms with Crippen molar-refractivity contribution in [3.05, 3.63) is 0 Å². The number of ether oxygens (including phenoxy) is 1. The van der Waals surface area contributed by atoms with Crippen LogP contribution in [-0.4, -0.2) is 42.8 Å². The first-order valence-corrected chi connectivity index (χ1v) is 7.63. The molecule has 1 amide bonds. The number of nitrogens with one attached hydrogen (secondary N) is 1. The van der Waals surface area contributed by atoms with E-state index in [0.29, 0.717) is 5.92 Å². The summed E-state index contributed by atoms with van der Waals surface area (Å²) in [6, 6.07) is 0. The summed E-state index contributed by atoms with van der Waals surface area (Å²) >= 11 is 0. The molecular weight excluding hydrogens is 240 g/mol. The fourth-order valence-electron chi connectivity index (χ4n) is 2.54. The summed E-state index contributed by atoms with van der Waals surface area (Å²) in [6.45, 7) is 9.63. The third-order valence-corrected chi connectivity index (χ3v) is 3.73. The van der Waals surface area contributed by atoms with Gasteiger partial charge in [0.1, 0.15) is 5.60 Å². The van der Waals surface area contributed by atoms with Crippen LogP contribution in [0, 0.1) is 11.8 Å². The van der Waals surface area contributed by atoms with Crippen molar-refractivity contribution in [1.82, 2.24) is 10.2 Å². The van der Waals surface area contributed by atoms with Crippen LogP contribution in [0.2, 0.25) is 0 Å². The normalized spacial score (nSPS) is 24.4. The zero-order valence-electron chi connectivity index (χ0n) is 12.6. The fourth-order valence-corrected chi connectivity index (χ4v) is 2.54. The Morgan fingerprint density at radius 3 is 2.53 bits per heavy atom. The largest absolute Gasteiger partial charge is 0.444 e. The summed E-state index contributed by atoms with van der Waals surface area (Å²) in [5.74, 6) is 1.51. The van der Waals surface area contributed by atoms with E-state index in [0.717, 1.165) is 38.5 Å². The highest BCUT2D eigenvalue weighted by atomic mass is 16.6. The Balaban J connectivity index is 1.70. The van der Waals surface area contributed by atoms with Crippen molar-refractivity contribution in [2.45, 2.75) is 52.1 Å². The minimum Gasteiger partial charge on any atom is -0.444 e. The van der Waals surface area contributed by atoms with Crippen LogP contribution in [0.25, 0.3) is 0 Å². The van der Waals surface area contributed by atoms with E-state index in [1.54, 1.807) is 0 Å². The summed E-state index contributed by atoms with van der Waals surface area (Å²) in [4.78, 5) is 13.9. The van der Waals surface area contributed by atoms with Crippen LogP contribution >= 0.6 is 0 Å². The molecule has 1 heterocycles. The lowest BCUT2D eigenvalue weighted by Crippen LogP contribution is -2.45. The van der Waals surface area contributed by atoms with Crippen molar-refractivity contribution in [3.63, 3.8) is 0 Å². The Morgan fingerprint density at radius 1 is 1.21 bits per heavy atom. The summed E-state index contributed by atoms with van der Waals surface area (Å²) in [7, 11) is 0. The summed E-state index contributed by atoms with van der Waals surface area (Å²) in [6.07, 6.45) is 4.94. The highest BCUT2D eigenvalue weighted by molar-refractivity contribution is 5.68. The second-order valence-electron chi connectivity index (χ2n) is 7.04. The molecule has 1 saturated carbocycles. The molecule has 4 nitrogen and oxygen atoms in total. The first-order valence-electron chi connectivity index (χ1n) is 7.63. The van der Waals surface area contributed by atoms with Gasteiger partial charge in [0, 0.05) is 13.1 Å². The van der Waals surface area contributed by atoms with Gasteiger partial charge in [0.2, 0.25) is 0 Å². The average molecular weight is 268 g/mol. The maximum absolute atomic E-state index is 12.0. The number of carbonyl (C=O) groups excluding carboxylic acids is 1. The maximum Gasteiger partial charge on any atom is 0.410 e. The molecule has 0 aromatic carbocycles. The van der Waals surface area contributed by atoms with E-state index < -0.39 is 5.60 Å². The first-order chi connectivity index (χ1) is 8.94.